The number of hydrogen-bond acceptors (Lipinski definition) is 2. The van der Waals surface area contributed by atoms with Gasteiger partial charge in [-0.3, -0.25) is 0 Å². The molecule has 0 aromatic heterocycles. The van der Waals surface area contributed by atoms with Crippen molar-refractivity contribution in [2.75, 3.05) is 19.6 Å². The van der Waals surface area contributed by atoms with Gasteiger partial charge in [-0.1, -0.05) is 6.42 Å². The highest BCUT2D eigenvalue weighted by atomic mass is 15.0. The van der Waals surface area contributed by atoms with Crippen LogP contribution >= 0.6 is 0 Å². The van der Waals surface area contributed by atoms with Crippen LogP contribution in [-0.4, -0.2) is 25.7 Å². The standard InChI is InChI=1S/C11H20N2/c1-2-6-13-10(3-1)9-4-5-11(9)7-12-8-11/h9-10,12-13H,1-8H2. The van der Waals surface area contributed by atoms with E-state index in [1.54, 1.807) is 0 Å². The summed E-state index contributed by atoms with van der Waals surface area (Å²) >= 11 is 0. The van der Waals surface area contributed by atoms with E-state index in [4.69, 9.17) is 0 Å². The van der Waals surface area contributed by atoms with Crippen LogP contribution in [0.1, 0.15) is 32.1 Å². The Bertz CT molecular complexity index is 187. The van der Waals surface area contributed by atoms with E-state index in [0.29, 0.717) is 0 Å². The first-order chi connectivity index (χ1) is 6.41. The van der Waals surface area contributed by atoms with Crippen LogP contribution in [0.5, 0.6) is 0 Å². The van der Waals surface area contributed by atoms with Gasteiger partial charge >= 0.3 is 0 Å². The lowest BCUT2D eigenvalue weighted by Gasteiger charge is -2.59. The van der Waals surface area contributed by atoms with E-state index in [-0.39, 0.29) is 0 Å². The van der Waals surface area contributed by atoms with E-state index in [9.17, 15) is 0 Å². The van der Waals surface area contributed by atoms with E-state index < -0.39 is 0 Å². The molecule has 3 fully saturated rings. The van der Waals surface area contributed by atoms with Crippen LogP contribution in [0.15, 0.2) is 0 Å². The zero-order valence-electron chi connectivity index (χ0n) is 8.31. The highest BCUT2D eigenvalue weighted by molar-refractivity contribution is 5.08. The fourth-order valence-electron chi connectivity index (χ4n) is 3.45. The molecule has 2 unspecified atom stereocenters. The first-order valence-corrected chi connectivity index (χ1v) is 5.85. The second kappa shape index (κ2) is 2.96. The first kappa shape index (κ1) is 8.25. The maximum absolute atomic E-state index is 3.72. The van der Waals surface area contributed by atoms with Crippen molar-refractivity contribution < 1.29 is 0 Å². The molecular weight excluding hydrogens is 160 g/mol. The summed E-state index contributed by atoms with van der Waals surface area (Å²) in [6.07, 6.45) is 7.26. The Morgan fingerprint density at radius 3 is 2.46 bits per heavy atom. The van der Waals surface area contributed by atoms with E-state index >= 15 is 0 Å². The van der Waals surface area contributed by atoms with Crippen LogP contribution < -0.4 is 10.6 Å². The average molecular weight is 180 g/mol. The summed E-state index contributed by atoms with van der Waals surface area (Å²) in [6.45, 7) is 3.87. The largest absolute Gasteiger partial charge is 0.316 e. The smallest absolute Gasteiger partial charge is 0.0102 e. The molecule has 0 bridgehead atoms. The third kappa shape index (κ3) is 1.15. The molecule has 2 aliphatic heterocycles. The van der Waals surface area contributed by atoms with Crippen LogP contribution in [0.3, 0.4) is 0 Å². The number of nitrogens with one attached hydrogen (secondary N) is 2. The van der Waals surface area contributed by atoms with Gasteiger partial charge < -0.3 is 10.6 Å². The van der Waals surface area contributed by atoms with Crippen LogP contribution in [0.2, 0.25) is 0 Å². The van der Waals surface area contributed by atoms with Crippen LogP contribution in [0, 0.1) is 11.3 Å². The van der Waals surface area contributed by atoms with Gasteiger partial charge in [0, 0.05) is 19.1 Å². The predicted molar refractivity (Wildman–Crippen MR) is 53.7 cm³/mol. The van der Waals surface area contributed by atoms with Gasteiger partial charge in [-0.05, 0) is 43.6 Å². The van der Waals surface area contributed by atoms with Gasteiger partial charge in [0.1, 0.15) is 0 Å². The lowest BCUT2D eigenvalue weighted by Crippen LogP contribution is -2.67. The average Bonchev–Trinajstić information content (AvgIpc) is 2.01. The van der Waals surface area contributed by atoms with Crippen LogP contribution in [0.4, 0.5) is 0 Å². The highest BCUT2D eigenvalue weighted by Gasteiger charge is 2.53. The second-order valence-electron chi connectivity index (χ2n) is 5.17. The molecule has 3 aliphatic rings. The molecule has 2 atom stereocenters. The quantitative estimate of drug-likeness (QED) is 0.632. The summed E-state index contributed by atoms with van der Waals surface area (Å²) in [5.74, 6) is 1.01. The van der Waals surface area contributed by atoms with Crippen molar-refractivity contribution in [1.82, 2.24) is 10.6 Å². The molecule has 1 spiro atoms. The molecule has 3 rings (SSSR count). The Labute approximate surface area is 80.5 Å². The fourth-order valence-corrected chi connectivity index (χ4v) is 3.45. The predicted octanol–water partition coefficient (Wildman–Crippen LogP) is 1.13. The summed E-state index contributed by atoms with van der Waals surface area (Å²) < 4.78 is 0. The molecular formula is C11H20N2. The summed E-state index contributed by atoms with van der Waals surface area (Å²) in [7, 11) is 0. The van der Waals surface area contributed by atoms with Gasteiger partial charge in [-0.2, -0.15) is 0 Å². The normalized spacial score (nSPS) is 42.5. The molecule has 0 aromatic rings. The van der Waals surface area contributed by atoms with Crippen molar-refractivity contribution in [3.8, 4) is 0 Å². The minimum Gasteiger partial charge on any atom is -0.316 e. The number of piperidine rings is 1. The van der Waals surface area contributed by atoms with Gasteiger partial charge in [0.15, 0.2) is 0 Å². The van der Waals surface area contributed by atoms with Crippen molar-refractivity contribution in [2.45, 2.75) is 38.1 Å². The second-order valence-corrected chi connectivity index (χ2v) is 5.17. The highest BCUT2D eigenvalue weighted by Crippen LogP contribution is 2.52. The van der Waals surface area contributed by atoms with E-state index in [1.165, 1.54) is 51.7 Å². The first-order valence-electron chi connectivity index (χ1n) is 5.85. The summed E-state index contributed by atoms with van der Waals surface area (Å²) in [4.78, 5) is 0. The summed E-state index contributed by atoms with van der Waals surface area (Å²) in [5, 5.41) is 7.16. The minimum absolute atomic E-state index is 0.745. The summed E-state index contributed by atoms with van der Waals surface area (Å²) in [6, 6.07) is 0.865. The Kier molecular flexibility index (Phi) is 1.88. The Hall–Kier alpha value is -0.0800. The van der Waals surface area contributed by atoms with Crippen molar-refractivity contribution in [3.63, 3.8) is 0 Å². The molecule has 0 radical (unpaired) electrons. The summed E-state index contributed by atoms with van der Waals surface area (Å²) in [5.41, 5.74) is 0.745. The lowest BCUT2D eigenvalue weighted by atomic mass is 9.53. The Morgan fingerprint density at radius 2 is 2.00 bits per heavy atom. The van der Waals surface area contributed by atoms with Gasteiger partial charge in [0.2, 0.25) is 0 Å². The topological polar surface area (TPSA) is 24.1 Å². The van der Waals surface area contributed by atoms with E-state index in [2.05, 4.69) is 10.6 Å². The SMILES string of the molecule is C1CCC(C2CCC23CNC3)NC1. The molecule has 2 heteroatoms. The number of rotatable bonds is 1. The van der Waals surface area contributed by atoms with Crippen LogP contribution in [0.25, 0.3) is 0 Å². The van der Waals surface area contributed by atoms with E-state index in [1.807, 2.05) is 0 Å². The van der Waals surface area contributed by atoms with Gasteiger partial charge in [-0.25, -0.2) is 0 Å². The third-order valence-electron chi connectivity index (χ3n) is 4.53. The molecule has 74 valence electrons. The molecule has 1 saturated carbocycles. The van der Waals surface area contributed by atoms with Crippen LogP contribution in [-0.2, 0) is 0 Å². The Balaban J connectivity index is 1.64. The molecule has 2 nitrogen and oxygen atoms in total. The minimum atomic E-state index is 0.745. The van der Waals surface area contributed by atoms with Gasteiger partial charge in [0.05, 0.1) is 0 Å². The molecule has 2 heterocycles. The van der Waals surface area contributed by atoms with Crippen molar-refractivity contribution in [1.29, 1.82) is 0 Å². The molecule has 0 amide bonds. The van der Waals surface area contributed by atoms with Gasteiger partial charge in [0.25, 0.3) is 0 Å². The van der Waals surface area contributed by atoms with Crippen molar-refractivity contribution in [3.05, 3.63) is 0 Å². The molecule has 2 saturated heterocycles. The van der Waals surface area contributed by atoms with Crippen molar-refractivity contribution in [2.24, 2.45) is 11.3 Å². The Morgan fingerprint density at radius 1 is 1.08 bits per heavy atom. The third-order valence-corrected chi connectivity index (χ3v) is 4.53. The zero-order chi connectivity index (χ0) is 8.73. The maximum Gasteiger partial charge on any atom is 0.0102 e. The van der Waals surface area contributed by atoms with E-state index in [0.717, 1.165) is 17.4 Å². The number of hydrogen-bond donors (Lipinski definition) is 2. The zero-order valence-corrected chi connectivity index (χ0v) is 8.31. The maximum atomic E-state index is 3.72. The molecule has 0 aromatic carbocycles. The fraction of sp³-hybridized carbons (Fsp3) is 1.00. The molecule has 2 N–H and O–H groups in total. The lowest BCUT2D eigenvalue weighted by molar-refractivity contribution is -0.0498. The van der Waals surface area contributed by atoms with Crippen molar-refractivity contribution >= 4 is 0 Å². The van der Waals surface area contributed by atoms with Gasteiger partial charge in [-0.15, -0.1) is 0 Å². The molecule has 1 aliphatic carbocycles. The molecule has 13 heavy (non-hydrogen) atoms. The monoisotopic (exact) mass is 180 g/mol.